The maximum absolute atomic E-state index is 6.19. The Balaban J connectivity index is 1.51. The zero-order valence-electron chi connectivity index (χ0n) is 13.8. The van der Waals surface area contributed by atoms with Gasteiger partial charge in [-0.05, 0) is 35.7 Å². The largest absolute Gasteiger partial charge is 0.454 e. The molecule has 0 aliphatic carbocycles. The summed E-state index contributed by atoms with van der Waals surface area (Å²) in [4.78, 5) is 4.54. The molecule has 7 heteroatoms. The molecule has 0 bridgehead atoms. The number of rotatable bonds is 1. The number of benzene rings is 2. The Labute approximate surface area is 148 Å². The molecule has 0 saturated heterocycles. The number of hydrogen-bond acceptors (Lipinski definition) is 7. The van der Waals surface area contributed by atoms with Gasteiger partial charge in [-0.3, -0.25) is 4.98 Å². The van der Waals surface area contributed by atoms with Gasteiger partial charge in [-0.25, -0.2) is 0 Å². The molecular weight excluding hydrogens is 338 g/mol. The van der Waals surface area contributed by atoms with E-state index in [1.165, 1.54) is 0 Å². The van der Waals surface area contributed by atoms with E-state index in [0.717, 1.165) is 16.5 Å². The van der Waals surface area contributed by atoms with E-state index in [9.17, 15) is 0 Å². The highest BCUT2D eigenvalue weighted by molar-refractivity contribution is 5.88. The first kappa shape index (κ1) is 13.9. The van der Waals surface area contributed by atoms with Crippen LogP contribution in [0.5, 0.6) is 34.5 Å². The number of fused-ring (bicyclic) bond motifs is 5. The van der Waals surface area contributed by atoms with E-state index in [1.807, 2.05) is 37.3 Å². The minimum absolute atomic E-state index is 0.169. The van der Waals surface area contributed by atoms with Crippen molar-refractivity contribution in [2.24, 2.45) is 0 Å². The van der Waals surface area contributed by atoms with Crippen LogP contribution in [0.1, 0.15) is 12.6 Å². The zero-order chi connectivity index (χ0) is 17.3. The molecule has 6 rings (SSSR count). The van der Waals surface area contributed by atoms with Gasteiger partial charge in [0.15, 0.2) is 23.0 Å². The predicted octanol–water partition coefficient (Wildman–Crippen LogP) is 3.34. The monoisotopic (exact) mass is 351 g/mol. The maximum Gasteiger partial charge on any atom is 0.293 e. The second kappa shape index (κ2) is 4.63. The van der Waals surface area contributed by atoms with Gasteiger partial charge in [0.2, 0.25) is 25.1 Å². The summed E-state index contributed by atoms with van der Waals surface area (Å²) in [6, 6.07) is 9.38. The van der Waals surface area contributed by atoms with E-state index in [2.05, 4.69) is 4.98 Å². The number of hydrogen-bond donors (Lipinski definition) is 0. The standard InChI is InChI=1S/C19H13NO6/c1-19(25-13-3-2-12-16(17(13)26-19)24-9-21-12)18-11-7-15-14(22-8-23-15)6-10(11)4-5-20-18/h2-7H,8-9H2,1H3/t19-/m0/s1. The van der Waals surface area contributed by atoms with Crippen LogP contribution in [-0.2, 0) is 5.79 Å². The molecule has 3 aromatic rings. The fourth-order valence-corrected chi connectivity index (χ4v) is 3.55. The molecular formula is C19H13NO6. The average molecular weight is 351 g/mol. The zero-order valence-corrected chi connectivity index (χ0v) is 13.8. The van der Waals surface area contributed by atoms with Crippen LogP contribution in [0.3, 0.4) is 0 Å². The Kier molecular flexibility index (Phi) is 2.47. The van der Waals surface area contributed by atoms with Gasteiger partial charge in [-0.2, -0.15) is 0 Å². The van der Waals surface area contributed by atoms with Crippen LogP contribution in [0.4, 0.5) is 0 Å². The van der Waals surface area contributed by atoms with Crippen LogP contribution in [0, 0.1) is 0 Å². The maximum atomic E-state index is 6.19. The van der Waals surface area contributed by atoms with Crippen molar-refractivity contribution in [1.29, 1.82) is 0 Å². The molecule has 0 saturated carbocycles. The highest BCUT2D eigenvalue weighted by atomic mass is 16.8. The molecule has 2 aromatic carbocycles. The van der Waals surface area contributed by atoms with Gasteiger partial charge in [0.05, 0.1) is 0 Å². The van der Waals surface area contributed by atoms with Crippen LogP contribution < -0.4 is 28.4 Å². The van der Waals surface area contributed by atoms with Gasteiger partial charge >= 0.3 is 0 Å². The minimum Gasteiger partial charge on any atom is -0.454 e. The fraction of sp³-hybridized carbons (Fsp3) is 0.211. The normalized spacial score (nSPS) is 21.4. The second-order valence-electron chi connectivity index (χ2n) is 6.36. The molecule has 0 fully saturated rings. The average Bonchev–Trinajstić information content (AvgIpc) is 3.35. The Bertz CT molecular complexity index is 1080. The molecule has 3 aliphatic heterocycles. The second-order valence-corrected chi connectivity index (χ2v) is 6.36. The summed E-state index contributed by atoms with van der Waals surface area (Å²) in [5.41, 5.74) is 0.650. The molecule has 7 nitrogen and oxygen atoms in total. The third-order valence-corrected chi connectivity index (χ3v) is 4.75. The van der Waals surface area contributed by atoms with Gasteiger partial charge in [0.25, 0.3) is 5.79 Å². The Morgan fingerprint density at radius 2 is 1.58 bits per heavy atom. The summed E-state index contributed by atoms with van der Waals surface area (Å²) in [6.07, 6.45) is 1.73. The van der Waals surface area contributed by atoms with Crippen molar-refractivity contribution in [3.05, 3.63) is 42.2 Å². The molecule has 1 atom stereocenters. The van der Waals surface area contributed by atoms with Gasteiger partial charge < -0.3 is 28.4 Å². The summed E-state index contributed by atoms with van der Waals surface area (Å²) < 4.78 is 34.3. The minimum atomic E-state index is -1.10. The van der Waals surface area contributed by atoms with Crippen molar-refractivity contribution in [2.75, 3.05) is 13.6 Å². The molecule has 26 heavy (non-hydrogen) atoms. The lowest BCUT2D eigenvalue weighted by molar-refractivity contribution is -0.0711. The molecule has 130 valence electrons. The molecule has 0 unspecified atom stereocenters. The van der Waals surface area contributed by atoms with E-state index >= 15 is 0 Å². The van der Waals surface area contributed by atoms with Crippen molar-refractivity contribution >= 4 is 10.8 Å². The highest BCUT2D eigenvalue weighted by Crippen LogP contribution is 2.54. The van der Waals surface area contributed by atoms with Crippen molar-refractivity contribution in [1.82, 2.24) is 4.98 Å². The quantitative estimate of drug-likeness (QED) is 0.666. The molecule has 1 aromatic heterocycles. The number of ether oxygens (including phenoxy) is 6. The molecule has 4 heterocycles. The smallest absolute Gasteiger partial charge is 0.293 e. The van der Waals surface area contributed by atoms with Crippen molar-refractivity contribution < 1.29 is 28.4 Å². The number of aromatic nitrogens is 1. The molecule has 0 N–H and O–H groups in total. The van der Waals surface area contributed by atoms with Crippen molar-refractivity contribution in [3.8, 4) is 34.5 Å². The molecule has 3 aliphatic rings. The summed E-state index contributed by atoms with van der Waals surface area (Å²) in [5, 5.41) is 1.84. The lowest BCUT2D eigenvalue weighted by atomic mass is 10.0. The van der Waals surface area contributed by atoms with E-state index < -0.39 is 5.79 Å². The number of nitrogens with zero attached hydrogens (tertiary/aromatic N) is 1. The van der Waals surface area contributed by atoms with E-state index in [4.69, 9.17) is 28.4 Å². The topological polar surface area (TPSA) is 68.3 Å². The van der Waals surface area contributed by atoms with Gasteiger partial charge in [0, 0.05) is 18.5 Å². The van der Waals surface area contributed by atoms with Crippen molar-refractivity contribution in [2.45, 2.75) is 12.7 Å². The third kappa shape index (κ3) is 1.74. The summed E-state index contributed by atoms with van der Waals surface area (Å²) in [7, 11) is 0. The summed E-state index contributed by atoms with van der Waals surface area (Å²) in [5.74, 6) is 2.63. The van der Waals surface area contributed by atoms with Crippen molar-refractivity contribution in [3.63, 3.8) is 0 Å². The SMILES string of the molecule is C[C@]1(c2nccc3cc4c(cc23)OCO4)Oc2ccc3c(c2O1)OCO3. The lowest BCUT2D eigenvalue weighted by Gasteiger charge is -2.23. The first-order valence-electron chi connectivity index (χ1n) is 8.21. The Morgan fingerprint density at radius 1 is 0.808 bits per heavy atom. The van der Waals surface area contributed by atoms with E-state index in [-0.39, 0.29) is 13.6 Å². The Hall–Kier alpha value is -3.35. The Morgan fingerprint density at radius 3 is 2.50 bits per heavy atom. The van der Waals surface area contributed by atoms with E-state index in [0.29, 0.717) is 34.4 Å². The fourth-order valence-electron chi connectivity index (χ4n) is 3.55. The van der Waals surface area contributed by atoms with Crippen LogP contribution in [-0.4, -0.2) is 18.6 Å². The van der Waals surface area contributed by atoms with Gasteiger partial charge in [-0.1, -0.05) is 0 Å². The van der Waals surface area contributed by atoms with Crippen LogP contribution in [0.25, 0.3) is 10.8 Å². The molecule has 0 spiro atoms. The van der Waals surface area contributed by atoms with E-state index in [1.54, 1.807) is 6.20 Å². The predicted molar refractivity (Wildman–Crippen MR) is 89.0 cm³/mol. The van der Waals surface area contributed by atoms with Gasteiger partial charge in [0.1, 0.15) is 5.69 Å². The summed E-state index contributed by atoms with van der Waals surface area (Å²) >= 11 is 0. The molecule has 0 radical (unpaired) electrons. The van der Waals surface area contributed by atoms with Crippen LogP contribution in [0.2, 0.25) is 0 Å². The molecule has 0 amide bonds. The van der Waals surface area contributed by atoms with Gasteiger partial charge in [-0.15, -0.1) is 0 Å². The summed E-state index contributed by atoms with van der Waals surface area (Å²) in [6.45, 7) is 2.22. The first-order valence-corrected chi connectivity index (χ1v) is 8.21. The first-order chi connectivity index (χ1) is 12.7. The van der Waals surface area contributed by atoms with Crippen LogP contribution >= 0.6 is 0 Å². The lowest BCUT2D eigenvalue weighted by Crippen LogP contribution is -2.33. The highest BCUT2D eigenvalue weighted by Gasteiger charge is 2.44. The number of pyridine rings is 1. The van der Waals surface area contributed by atoms with Crippen LogP contribution in [0.15, 0.2) is 36.5 Å². The third-order valence-electron chi connectivity index (χ3n) is 4.75.